The van der Waals surface area contributed by atoms with Crippen molar-refractivity contribution in [3.05, 3.63) is 107 Å². The van der Waals surface area contributed by atoms with Gasteiger partial charge in [-0.3, -0.25) is 14.6 Å². The maximum Gasteiger partial charge on any atom is 0.417 e. The van der Waals surface area contributed by atoms with Gasteiger partial charge in [-0.2, -0.15) is 13.2 Å². The van der Waals surface area contributed by atoms with Gasteiger partial charge in [-0.1, -0.05) is 30.7 Å². The van der Waals surface area contributed by atoms with Crippen LogP contribution < -0.4 is 15.0 Å². The zero-order chi connectivity index (χ0) is 32.8. The highest BCUT2D eigenvalue weighted by molar-refractivity contribution is 6.30. The number of carbonyl (C=O) groups excluding carboxylic acids is 2. The van der Waals surface area contributed by atoms with Gasteiger partial charge in [0.1, 0.15) is 0 Å². The van der Waals surface area contributed by atoms with Gasteiger partial charge in [0.2, 0.25) is 5.88 Å². The third kappa shape index (κ3) is 7.25. The van der Waals surface area contributed by atoms with Crippen molar-refractivity contribution in [2.75, 3.05) is 31.1 Å². The van der Waals surface area contributed by atoms with Gasteiger partial charge in [0, 0.05) is 67.1 Å². The quantitative estimate of drug-likeness (QED) is 0.212. The number of halogens is 4. The number of nitrogens with one attached hydrogen (secondary N) is 1. The number of hydrogen-bond donors (Lipinski definition) is 1. The third-order valence-corrected chi connectivity index (χ3v) is 8.08. The fourth-order valence-corrected chi connectivity index (χ4v) is 5.76. The van der Waals surface area contributed by atoms with Crippen molar-refractivity contribution in [2.24, 2.45) is 0 Å². The van der Waals surface area contributed by atoms with Crippen LogP contribution in [0.2, 0.25) is 5.02 Å². The highest BCUT2D eigenvalue weighted by Crippen LogP contribution is 2.36. The molecule has 46 heavy (non-hydrogen) atoms. The first-order valence-electron chi connectivity index (χ1n) is 14.9. The number of piperazine rings is 1. The van der Waals surface area contributed by atoms with Gasteiger partial charge < -0.3 is 19.9 Å². The zero-order valence-corrected chi connectivity index (χ0v) is 26.1. The maximum absolute atomic E-state index is 13.8. The van der Waals surface area contributed by atoms with Crippen LogP contribution in [0.25, 0.3) is 11.1 Å². The van der Waals surface area contributed by atoms with Gasteiger partial charge in [-0.25, -0.2) is 4.98 Å². The van der Waals surface area contributed by atoms with E-state index in [0.717, 1.165) is 28.8 Å². The lowest BCUT2D eigenvalue weighted by Crippen LogP contribution is -2.55. The lowest BCUT2D eigenvalue weighted by atomic mass is 9.98. The topological polar surface area (TPSA) is 87.7 Å². The van der Waals surface area contributed by atoms with E-state index in [0.29, 0.717) is 36.7 Å². The van der Waals surface area contributed by atoms with Gasteiger partial charge in [-0.05, 0) is 73.0 Å². The lowest BCUT2D eigenvalue weighted by Gasteiger charge is -2.43. The first-order chi connectivity index (χ1) is 22.1. The zero-order valence-electron chi connectivity index (χ0n) is 25.4. The third-order valence-electron chi connectivity index (χ3n) is 7.85. The Morgan fingerprint density at radius 3 is 2.54 bits per heavy atom. The fraction of sp³-hybridized carbons (Fsp3) is 0.294. The molecule has 2 aromatic heterocycles. The second kappa shape index (κ2) is 14.2. The average molecular weight is 652 g/mol. The Kier molecular flexibility index (Phi) is 10.1. The molecule has 5 rings (SSSR count). The molecule has 1 atom stereocenters. The number of alkyl halides is 3. The molecule has 0 spiro atoms. The van der Waals surface area contributed by atoms with E-state index in [1.54, 1.807) is 36.8 Å². The minimum atomic E-state index is -4.74. The van der Waals surface area contributed by atoms with E-state index < -0.39 is 23.2 Å². The smallest absolute Gasteiger partial charge is 0.417 e. The first kappa shape index (κ1) is 32.7. The molecule has 0 saturated carbocycles. The summed E-state index contributed by atoms with van der Waals surface area (Å²) in [6.07, 6.45) is 0.807. The summed E-state index contributed by atoms with van der Waals surface area (Å²) < 4.78 is 47.2. The summed E-state index contributed by atoms with van der Waals surface area (Å²) in [5, 5.41) is 2.89. The van der Waals surface area contributed by atoms with Crippen LogP contribution in [0.5, 0.6) is 5.88 Å². The number of benzene rings is 2. The lowest BCUT2D eigenvalue weighted by molar-refractivity contribution is -0.138. The molecule has 4 aromatic rings. The number of nitrogens with zero attached hydrogens (tertiary/aromatic N) is 4. The van der Waals surface area contributed by atoms with E-state index in [1.165, 1.54) is 11.0 Å². The van der Waals surface area contributed by atoms with E-state index in [1.807, 2.05) is 43.0 Å². The minimum absolute atomic E-state index is 0.0995. The molecule has 1 fully saturated rings. The summed E-state index contributed by atoms with van der Waals surface area (Å²) in [7, 11) is 0. The predicted molar refractivity (Wildman–Crippen MR) is 170 cm³/mol. The maximum atomic E-state index is 13.8. The molecule has 12 heteroatoms. The van der Waals surface area contributed by atoms with Crippen molar-refractivity contribution in [1.29, 1.82) is 0 Å². The van der Waals surface area contributed by atoms with Crippen LogP contribution in [0.1, 0.15) is 52.1 Å². The average Bonchev–Trinajstić information content (AvgIpc) is 3.07. The van der Waals surface area contributed by atoms with Crippen molar-refractivity contribution in [2.45, 2.75) is 39.0 Å². The van der Waals surface area contributed by atoms with Crippen LogP contribution in [-0.4, -0.2) is 59.0 Å². The van der Waals surface area contributed by atoms with Crippen molar-refractivity contribution in [3.63, 3.8) is 0 Å². The monoisotopic (exact) mass is 651 g/mol. The standard InChI is InChI=1S/C34H33ClF3N5O3/c1-3-25-21-42(33(45)27-11-10-24(35)18-29(27)34(36,37)38)15-16-43(25)30-12-9-23(26-8-6-14-40-32(26)46-4-2)17-28(30)31(44)41-20-22-7-5-13-39-19-22/h5-14,17-19,25H,3-4,15-16,20-21H2,1-2H3,(H,41,44)/t25-/m1/s1. The van der Waals surface area contributed by atoms with Crippen molar-refractivity contribution in [3.8, 4) is 17.0 Å². The van der Waals surface area contributed by atoms with E-state index >= 15 is 0 Å². The largest absolute Gasteiger partial charge is 0.478 e. The Hall–Kier alpha value is -4.64. The molecule has 2 aromatic carbocycles. The van der Waals surface area contributed by atoms with Crippen LogP contribution in [0.4, 0.5) is 18.9 Å². The molecule has 240 valence electrons. The van der Waals surface area contributed by atoms with Crippen LogP contribution >= 0.6 is 11.6 Å². The Morgan fingerprint density at radius 1 is 1.02 bits per heavy atom. The molecular weight excluding hydrogens is 619 g/mol. The number of anilines is 1. The Labute approximate surface area is 270 Å². The first-order valence-corrected chi connectivity index (χ1v) is 15.3. The van der Waals surface area contributed by atoms with Gasteiger partial charge in [0.25, 0.3) is 11.8 Å². The molecule has 1 aliphatic rings. The summed E-state index contributed by atoms with van der Waals surface area (Å²) >= 11 is 5.84. The summed E-state index contributed by atoms with van der Waals surface area (Å²) in [6, 6.07) is 15.8. The van der Waals surface area contributed by atoms with E-state index in [9.17, 15) is 22.8 Å². The highest BCUT2D eigenvalue weighted by Gasteiger charge is 2.38. The van der Waals surface area contributed by atoms with Crippen LogP contribution in [-0.2, 0) is 12.7 Å². The molecule has 0 radical (unpaired) electrons. The summed E-state index contributed by atoms with van der Waals surface area (Å²) in [6.45, 7) is 5.12. The van der Waals surface area contributed by atoms with Gasteiger partial charge in [-0.15, -0.1) is 0 Å². The van der Waals surface area contributed by atoms with Crippen molar-refractivity contribution < 1.29 is 27.5 Å². The molecular formula is C34H33ClF3N5O3. The molecule has 1 aliphatic heterocycles. The van der Waals surface area contributed by atoms with Crippen molar-refractivity contribution >= 4 is 29.1 Å². The molecule has 1 N–H and O–H groups in total. The molecule has 3 heterocycles. The van der Waals surface area contributed by atoms with Gasteiger partial charge >= 0.3 is 6.18 Å². The number of amides is 2. The van der Waals surface area contributed by atoms with Crippen molar-refractivity contribution in [1.82, 2.24) is 20.2 Å². The normalized spacial score (nSPS) is 15.0. The molecule has 0 bridgehead atoms. The second-order valence-electron chi connectivity index (χ2n) is 10.8. The molecule has 0 aliphatic carbocycles. The number of rotatable bonds is 9. The summed E-state index contributed by atoms with van der Waals surface area (Å²) in [5.74, 6) is -0.586. The van der Waals surface area contributed by atoms with Gasteiger partial charge in [0.05, 0.1) is 23.3 Å². The van der Waals surface area contributed by atoms with Crippen LogP contribution in [0.3, 0.4) is 0 Å². The van der Waals surface area contributed by atoms with Crippen LogP contribution in [0.15, 0.2) is 79.3 Å². The van der Waals surface area contributed by atoms with E-state index in [-0.39, 0.29) is 36.6 Å². The SMILES string of the molecule is CCOc1ncccc1-c1ccc(N2CCN(C(=O)c3ccc(Cl)cc3C(F)(F)F)C[C@H]2CC)c(C(=O)NCc2cccnc2)c1. The second-order valence-corrected chi connectivity index (χ2v) is 11.2. The summed E-state index contributed by atoms with van der Waals surface area (Å²) in [5.41, 5.74) is 1.84. The number of carbonyl (C=O) groups is 2. The fourth-order valence-electron chi connectivity index (χ4n) is 5.59. The molecule has 0 unspecified atom stereocenters. The Balaban J connectivity index is 1.47. The molecule has 8 nitrogen and oxygen atoms in total. The Morgan fingerprint density at radius 2 is 1.83 bits per heavy atom. The highest BCUT2D eigenvalue weighted by atomic mass is 35.5. The predicted octanol–water partition coefficient (Wildman–Crippen LogP) is 6.89. The van der Waals surface area contributed by atoms with E-state index in [2.05, 4.69) is 15.3 Å². The number of aromatic nitrogens is 2. The summed E-state index contributed by atoms with van der Waals surface area (Å²) in [4.78, 5) is 39.2. The number of pyridine rings is 2. The van der Waals surface area contributed by atoms with Gasteiger partial charge in [0.15, 0.2) is 0 Å². The van der Waals surface area contributed by atoms with E-state index in [4.69, 9.17) is 16.3 Å². The number of hydrogen-bond acceptors (Lipinski definition) is 6. The molecule has 2 amide bonds. The Bertz CT molecular complexity index is 1700. The molecule has 1 saturated heterocycles. The minimum Gasteiger partial charge on any atom is -0.478 e. The number of ether oxygens (including phenoxy) is 1. The van der Waals surface area contributed by atoms with Crippen LogP contribution in [0, 0.1) is 0 Å².